The average molecular weight is 447 g/mol. The predicted octanol–water partition coefficient (Wildman–Crippen LogP) is 5.81. The Labute approximate surface area is 176 Å². The molecule has 0 fully saturated rings. The van der Waals surface area contributed by atoms with E-state index in [2.05, 4.69) is 11.9 Å². The van der Waals surface area contributed by atoms with E-state index in [9.17, 15) is 35.9 Å². The van der Waals surface area contributed by atoms with Gasteiger partial charge in [0.15, 0.2) is 5.78 Å². The van der Waals surface area contributed by atoms with Gasteiger partial charge in [-0.05, 0) is 45.1 Å². The van der Waals surface area contributed by atoms with Gasteiger partial charge in [-0.15, -0.1) is 0 Å². The van der Waals surface area contributed by atoms with Crippen LogP contribution >= 0.6 is 0 Å². The van der Waals surface area contributed by atoms with Gasteiger partial charge in [-0.25, -0.2) is 0 Å². The molecule has 2 rings (SSSR count). The number of hydrogen-bond acceptors (Lipinski definition) is 2. The molecular weight excluding hydrogens is 424 g/mol. The van der Waals surface area contributed by atoms with Crippen molar-refractivity contribution in [2.24, 2.45) is 0 Å². The Hall–Kier alpha value is -2.58. The number of allylic oxidation sites excluding steroid dienone is 7. The van der Waals surface area contributed by atoms with Crippen LogP contribution in [0.5, 0.6) is 0 Å². The second kappa shape index (κ2) is 8.88. The van der Waals surface area contributed by atoms with Gasteiger partial charge in [0, 0.05) is 23.1 Å². The summed E-state index contributed by atoms with van der Waals surface area (Å²) in [5, 5.41) is 2.46. The van der Waals surface area contributed by atoms with Crippen molar-refractivity contribution in [3.63, 3.8) is 0 Å². The molecule has 1 N–H and O–H groups in total. The van der Waals surface area contributed by atoms with Crippen molar-refractivity contribution in [3.8, 4) is 0 Å². The minimum atomic E-state index is -4.73. The highest BCUT2D eigenvalue weighted by molar-refractivity contribution is 6.00. The number of hydrogen-bond donors (Lipinski definition) is 1. The third-order valence-corrected chi connectivity index (χ3v) is 4.99. The number of rotatable bonds is 6. The van der Waals surface area contributed by atoms with Crippen LogP contribution in [0.25, 0.3) is 0 Å². The molecule has 170 valence electrons. The van der Waals surface area contributed by atoms with Crippen molar-refractivity contribution < 1.29 is 35.9 Å². The molecule has 31 heavy (non-hydrogen) atoms. The number of amides is 1. The van der Waals surface area contributed by atoms with Gasteiger partial charge in [-0.3, -0.25) is 9.59 Å². The number of carbonyl (C=O) groups excluding carboxylic acids is 2. The second-order valence-electron chi connectivity index (χ2n) is 8.07. The van der Waals surface area contributed by atoms with E-state index in [4.69, 9.17) is 0 Å². The molecule has 0 saturated heterocycles. The zero-order valence-corrected chi connectivity index (χ0v) is 17.1. The fourth-order valence-electron chi connectivity index (χ4n) is 3.44. The number of Topliss-reactive ketones (excluding diaryl/α,β-unsaturated/α-hetero) is 1. The lowest BCUT2D eigenvalue weighted by atomic mass is 9.87. The first-order valence-corrected chi connectivity index (χ1v) is 9.63. The Morgan fingerprint density at radius 1 is 1.03 bits per heavy atom. The molecule has 0 atom stereocenters. The van der Waals surface area contributed by atoms with Crippen LogP contribution in [0, 0.1) is 0 Å². The van der Waals surface area contributed by atoms with E-state index in [0.717, 1.165) is 12.2 Å². The summed E-state index contributed by atoms with van der Waals surface area (Å²) in [7, 11) is 0. The maximum atomic E-state index is 13.3. The van der Waals surface area contributed by atoms with Crippen LogP contribution < -0.4 is 5.32 Å². The Bertz CT molecular complexity index is 898. The van der Waals surface area contributed by atoms with Gasteiger partial charge in [0.05, 0.1) is 11.1 Å². The van der Waals surface area contributed by atoms with Crippen LogP contribution in [0.15, 0.2) is 58.7 Å². The van der Waals surface area contributed by atoms with E-state index in [1.54, 1.807) is 0 Å². The van der Waals surface area contributed by atoms with Gasteiger partial charge < -0.3 is 5.32 Å². The summed E-state index contributed by atoms with van der Waals surface area (Å²) >= 11 is 0. The number of alkyl halides is 6. The van der Waals surface area contributed by atoms with Crippen molar-refractivity contribution >= 4 is 11.7 Å². The molecule has 0 heterocycles. The largest absolute Gasteiger partial charge is 0.417 e. The highest BCUT2D eigenvalue weighted by Crippen LogP contribution is 2.38. The Kier molecular flexibility index (Phi) is 7.07. The van der Waals surface area contributed by atoms with Crippen LogP contribution in [0.3, 0.4) is 0 Å². The quantitative estimate of drug-likeness (QED) is 0.522. The zero-order chi connectivity index (χ0) is 23.6. The van der Waals surface area contributed by atoms with Gasteiger partial charge in [0.25, 0.3) is 5.91 Å². The van der Waals surface area contributed by atoms with Crippen LogP contribution in [-0.2, 0) is 9.59 Å². The lowest BCUT2D eigenvalue weighted by molar-refractivity contribution is -0.122. The maximum Gasteiger partial charge on any atom is 0.417 e. The fourth-order valence-corrected chi connectivity index (χ4v) is 3.44. The summed E-state index contributed by atoms with van der Waals surface area (Å²) in [6, 6.07) is 0. The number of carbonyl (C=O) groups is 2. The summed E-state index contributed by atoms with van der Waals surface area (Å²) in [5.74, 6) is -1.72. The SMILES string of the molecule is C=C1CC=CC(C(=O)CCC(C)(C)NC(=O)C2=CCCC=C2C(F)(F)F)=C1C(F)(F)F. The van der Waals surface area contributed by atoms with Gasteiger partial charge in [-0.1, -0.05) is 30.9 Å². The standard InChI is InChI=1S/C22H23F6NO2/c1-13-7-6-9-15(18(13)22(26,27)28)17(30)11-12-20(2,3)29-19(31)14-8-4-5-10-16(14)21(23,24)25/h6,8-10H,1,4-5,7,11-12H2,2-3H3,(H,29,31). The van der Waals surface area contributed by atoms with E-state index >= 15 is 0 Å². The molecule has 0 saturated carbocycles. The number of nitrogens with one attached hydrogen (secondary N) is 1. The molecule has 9 heteroatoms. The second-order valence-corrected chi connectivity index (χ2v) is 8.07. The molecule has 0 radical (unpaired) electrons. The smallest absolute Gasteiger partial charge is 0.347 e. The lowest BCUT2D eigenvalue weighted by Gasteiger charge is -2.28. The lowest BCUT2D eigenvalue weighted by Crippen LogP contribution is -2.45. The molecule has 0 bridgehead atoms. The molecule has 0 aliphatic heterocycles. The summed E-state index contributed by atoms with van der Waals surface area (Å²) in [6.45, 7) is 6.37. The van der Waals surface area contributed by atoms with Crippen molar-refractivity contribution in [2.45, 2.75) is 63.8 Å². The third kappa shape index (κ3) is 6.21. The highest BCUT2D eigenvalue weighted by atomic mass is 19.4. The Morgan fingerprint density at radius 2 is 1.65 bits per heavy atom. The summed E-state index contributed by atoms with van der Waals surface area (Å²) in [4.78, 5) is 24.9. The third-order valence-electron chi connectivity index (χ3n) is 4.99. The number of halogens is 6. The molecule has 1 amide bonds. The molecule has 2 aliphatic carbocycles. The normalized spacial score (nSPS) is 18.0. The van der Waals surface area contributed by atoms with Gasteiger partial charge in [0.2, 0.25) is 0 Å². The van der Waals surface area contributed by atoms with Gasteiger partial charge in [0.1, 0.15) is 0 Å². The highest BCUT2D eigenvalue weighted by Gasteiger charge is 2.41. The van der Waals surface area contributed by atoms with Crippen LogP contribution in [0.4, 0.5) is 26.3 Å². The van der Waals surface area contributed by atoms with Crippen LogP contribution in [-0.4, -0.2) is 29.6 Å². The first-order chi connectivity index (χ1) is 14.1. The first-order valence-electron chi connectivity index (χ1n) is 9.63. The van der Waals surface area contributed by atoms with E-state index in [0.29, 0.717) is 0 Å². The molecule has 3 nitrogen and oxygen atoms in total. The van der Waals surface area contributed by atoms with Crippen molar-refractivity contribution in [2.75, 3.05) is 0 Å². The van der Waals surface area contributed by atoms with Gasteiger partial charge >= 0.3 is 12.4 Å². The molecule has 0 spiro atoms. The van der Waals surface area contributed by atoms with Crippen molar-refractivity contribution in [3.05, 3.63) is 58.7 Å². The molecule has 0 unspecified atom stereocenters. The minimum absolute atomic E-state index is 0.0165. The minimum Gasteiger partial charge on any atom is -0.347 e. The van der Waals surface area contributed by atoms with Crippen LogP contribution in [0.1, 0.15) is 46.0 Å². The molecule has 0 aromatic rings. The van der Waals surface area contributed by atoms with Crippen molar-refractivity contribution in [1.82, 2.24) is 5.32 Å². The van der Waals surface area contributed by atoms with Crippen LogP contribution in [0.2, 0.25) is 0 Å². The molecule has 0 aromatic heterocycles. The van der Waals surface area contributed by atoms with E-state index < -0.39 is 51.9 Å². The molecule has 2 aliphatic rings. The summed E-state index contributed by atoms with van der Waals surface area (Å²) in [5.41, 5.74) is -4.41. The maximum absolute atomic E-state index is 13.3. The zero-order valence-electron chi connectivity index (χ0n) is 17.1. The molecular formula is C22H23F6NO2. The van der Waals surface area contributed by atoms with E-state index in [1.807, 2.05) is 0 Å². The first kappa shape index (κ1) is 24.7. The fraction of sp³-hybridized carbons (Fsp3) is 0.455. The Balaban J connectivity index is 2.11. The van der Waals surface area contributed by atoms with E-state index in [1.165, 1.54) is 26.0 Å². The van der Waals surface area contributed by atoms with Crippen molar-refractivity contribution in [1.29, 1.82) is 0 Å². The Morgan fingerprint density at radius 3 is 2.23 bits per heavy atom. The monoisotopic (exact) mass is 447 g/mol. The van der Waals surface area contributed by atoms with Gasteiger partial charge in [-0.2, -0.15) is 26.3 Å². The van der Waals surface area contributed by atoms with E-state index in [-0.39, 0.29) is 37.7 Å². The summed E-state index contributed by atoms with van der Waals surface area (Å²) < 4.78 is 79.5. The average Bonchev–Trinajstić information content (AvgIpc) is 2.64. The molecule has 0 aromatic carbocycles. The predicted molar refractivity (Wildman–Crippen MR) is 104 cm³/mol. The number of ketones is 1. The summed E-state index contributed by atoms with van der Waals surface area (Å²) in [6.07, 6.45) is -4.69. The topological polar surface area (TPSA) is 46.2 Å².